The Kier molecular flexibility index (Phi) is 69.4. The molecule has 0 saturated carbocycles. The molecule has 0 aliphatic carbocycles. The molecule has 0 aromatic rings. The zero-order valence-corrected chi connectivity index (χ0v) is 55.2. The summed E-state index contributed by atoms with van der Waals surface area (Å²) in [5, 5.41) is 23.1. The molecule has 6 nitrogen and oxygen atoms in total. The van der Waals surface area contributed by atoms with Crippen LogP contribution in [0.2, 0.25) is 0 Å². The van der Waals surface area contributed by atoms with Crippen LogP contribution >= 0.6 is 0 Å². The van der Waals surface area contributed by atoms with Gasteiger partial charge in [-0.1, -0.05) is 345 Å². The fraction of sp³-hybridized carbons (Fsp3) is 0.868. The molecular formula is C76H143NO5. The van der Waals surface area contributed by atoms with Crippen LogP contribution < -0.4 is 5.32 Å². The number of rotatable bonds is 69. The predicted molar refractivity (Wildman–Crippen MR) is 361 cm³/mol. The zero-order valence-electron chi connectivity index (χ0n) is 55.2. The van der Waals surface area contributed by atoms with E-state index < -0.39 is 12.1 Å². The molecule has 0 heterocycles. The van der Waals surface area contributed by atoms with Crippen LogP contribution in [0.15, 0.2) is 48.6 Å². The van der Waals surface area contributed by atoms with E-state index in [1.54, 1.807) is 6.08 Å². The van der Waals surface area contributed by atoms with Crippen LogP contribution in [-0.4, -0.2) is 47.4 Å². The molecule has 0 spiro atoms. The molecule has 82 heavy (non-hydrogen) atoms. The highest BCUT2D eigenvalue weighted by Crippen LogP contribution is 2.18. The summed E-state index contributed by atoms with van der Waals surface area (Å²) < 4.78 is 5.50. The Labute approximate surface area is 512 Å². The van der Waals surface area contributed by atoms with E-state index in [1.165, 1.54) is 321 Å². The van der Waals surface area contributed by atoms with E-state index in [0.717, 1.165) is 51.4 Å². The number of hydrogen-bond acceptors (Lipinski definition) is 5. The summed E-state index contributed by atoms with van der Waals surface area (Å²) in [7, 11) is 0. The van der Waals surface area contributed by atoms with Crippen LogP contribution in [0.3, 0.4) is 0 Å². The Hall–Kier alpha value is -2.18. The molecule has 0 radical (unpaired) electrons. The van der Waals surface area contributed by atoms with E-state index in [0.29, 0.717) is 19.4 Å². The number of aliphatic hydroxyl groups excluding tert-OH is 2. The zero-order chi connectivity index (χ0) is 59.2. The van der Waals surface area contributed by atoms with Crippen molar-refractivity contribution in [1.82, 2.24) is 5.32 Å². The fourth-order valence-electron chi connectivity index (χ4n) is 11.4. The lowest BCUT2D eigenvalue weighted by Gasteiger charge is -2.20. The van der Waals surface area contributed by atoms with Gasteiger partial charge in [0.25, 0.3) is 0 Å². The largest absolute Gasteiger partial charge is 0.466 e. The van der Waals surface area contributed by atoms with Crippen molar-refractivity contribution in [3.63, 3.8) is 0 Å². The SMILES string of the molecule is CCCCCCCCC/C=C\CCCCCCCC(=O)OCCCCCCCCCCCCCCC/C=C\C/C=C\CCCCCCCCCCCCCCCCCCCC(=O)NC(CO)C(O)/C=C/CCCCCCCCCCCC. The van der Waals surface area contributed by atoms with Gasteiger partial charge in [0.1, 0.15) is 0 Å². The molecule has 2 unspecified atom stereocenters. The number of ether oxygens (including phenoxy) is 1. The van der Waals surface area contributed by atoms with E-state index in [9.17, 15) is 19.8 Å². The molecular weight excluding hydrogens is 1010 g/mol. The first-order valence-corrected chi connectivity index (χ1v) is 36.9. The average molecular weight is 1150 g/mol. The van der Waals surface area contributed by atoms with Gasteiger partial charge in [-0.25, -0.2) is 0 Å². The minimum Gasteiger partial charge on any atom is -0.466 e. The van der Waals surface area contributed by atoms with Crippen molar-refractivity contribution in [3.8, 4) is 0 Å². The van der Waals surface area contributed by atoms with E-state index in [1.807, 2.05) is 6.08 Å². The Morgan fingerprint density at radius 1 is 0.341 bits per heavy atom. The van der Waals surface area contributed by atoms with Crippen molar-refractivity contribution >= 4 is 11.9 Å². The number of carbonyl (C=O) groups excluding carboxylic acids is 2. The summed E-state index contributed by atoms with van der Waals surface area (Å²) in [4.78, 5) is 24.5. The van der Waals surface area contributed by atoms with Gasteiger partial charge in [0.15, 0.2) is 0 Å². The maximum Gasteiger partial charge on any atom is 0.305 e. The third kappa shape index (κ3) is 67.0. The lowest BCUT2D eigenvalue weighted by molar-refractivity contribution is -0.143. The summed E-state index contributed by atoms with van der Waals surface area (Å²) in [6, 6.07) is -0.625. The first-order valence-electron chi connectivity index (χ1n) is 36.9. The molecule has 3 N–H and O–H groups in total. The Balaban J connectivity index is 3.36. The van der Waals surface area contributed by atoms with Gasteiger partial charge >= 0.3 is 5.97 Å². The van der Waals surface area contributed by atoms with Gasteiger partial charge in [0, 0.05) is 12.8 Å². The number of aliphatic hydroxyl groups is 2. The average Bonchev–Trinajstić information content (AvgIpc) is 3.48. The predicted octanol–water partition coefficient (Wildman–Crippen LogP) is 24.0. The molecule has 0 bridgehead atoms. The third-order valence-electron chi connectivity index (χ3n) is 17.1. The first-order chi connectivity index (χ1) is 40.5. The molecule has 482 valence electrons. The van der Waals surface area contributed by atoms with Crippen LogP contribution in [0.1, 0.15) is 399 Å². The first kappa shape index (κ1) is 79.8. The van der Waals surface area contributed by atoms with Crippen LogP contribution in [0, 0.1) is 0 Å². The maximum absolute atomic E-state index is 12.5. The standard InChI is InChI=1S/C76H143NO5/c1-3-5-7-9-11-13-15-17-18-43-46-50-54-58-62-66-70-76(81)82-71-67-63-59-55-51-47-44-41-39-37-35-33-31-29-27-25-23-21-19-20-22-24-26-28-30-32-34-36-38-40-42-45-49-53-57-61-65-69-75(80)77-73(72-78)74(79)68-64-60-56-52-48-16-14-12-10-8-6-4-2/h18-19,21,25,27,43,64,68,73-74,78-79H,3-17,20,22-24,26,28-42,44-63,65-67,69-72H2,1-2H3,(H,77,80)/b21-19-,27-25-,43-18-,68-64+. The molecule has 0 aliphatic rings. The lowest BCUT2D eigenvalue weighted by atomic mass is 10.0. The second-order valence-corrected chi connectivity index (χ2v) is 25.3. The quantitative estimate of drug-likeness (QED) is 0.0320. The second-order valence-electron chi connectivity index (χ2n) is 25.3. The smallest absolute Gasteiger partial charge is 0.305 e. The minimum absolute atomic E-state index is 0.0113. The Morgan fingerprint density at radius 2 is 0.610 bits per heavy atom. The van der Waals surface area contributed by atoms with Crippen LogP contribution in [0.25, 0.3) is 0 Å². The normalized spacial score (nSPS) is 12.8. The molecule has 0 rings (SSSR count). The van der Waals surface area contributed by atoms with Gasteiger partial charge in [-0.05, 0) is 89.9 Å². The van der Waals surface area contributed by atoms with Gasteiger partial charge in [-0.3, -0.25) is 9.59 Å². The van der Waals surface area contributed by atoms with Crippen molar-refractivity contribution in [2.24, 2.45) is 0 Å². The number of esters is 1. The van der Waals surface area contributed by atoms with Gasteiger partial charge in [0.2, 0.25) is 5.91 Å². The molecule has 0 fully saturated rings. The summed E-state index contributed by atoms with van der Waals surface area (Å²) in [5.74, 6) is -0.0534. The van der Waals surface area contributed by atoms with Crippen molar-refractivity contribution in [2.45, 2.75) is 411 Å². The van der Waals surface area contributed by atoms with Crippen LogP contribution in [0.5, 0.6) is 0 Å². The number of allylic oxidation sites excluding steroid dienone is 7. The lowest BCUT2D eigenvalue weighted by Crippen LogP contribution is -2.45. The summed E-state index contributed by atoms with van der Waals surface area (Å²) >= 11 is 0. The van der Waals surface area contributed by atoms with Crippen molar-refractivity contribution in [2.75, 3.05) is 13.2 Å². The number of amides is 1. The summed E-state index contributed by atoms with van der Waals surface area (Å²) in [5.41, 5.74) is 0. The number of nitrogens with one attached hydrogen (secondary N) is 1. The molecule has 6 heteroatoms. The van der Waals surface area contributed by atoms with Crippen molar-refractivity contribution in [3.05, 3.63) is 48.6 Å². The van der Waals surface area contributed by atoms with Crippen LogP contribution in [-0.2, 0) is 14.3 Å². The highest BCUT2D eigenvalue weighted by atomic mass is 16.5. The van der Waals surface area contributed by atoms with Gasteiger partial charge in [-0.2, -0.15) is 0 Å². The Bertz CT molecular complexity index is 1370. The highest BCUT2D eigenvalue weighted by molar-refractivity contribution is 5.76. The van der Waals surface area contributed by atoms with Gasteiger partial charge in [0.05, 0.1) is 25.4 Å². The monoisotopic (exact) mass is 1150 g/mol. The molecule has 0 saturated heterocycles. The minimum atomic E-state index is -0.842. The van der Waals surface area contributed by atoms with Crippen molar-refractivity contribution < 1.29 is 24.5 Å². The highest BCUT2D eigenvalue weighted by Gasteiger charge is 2.18. The van der Waals surface area contributed by atoms with Gasteiger partial charge < -0.3 is 20.3 Å². The van der Waals surface area contributed by atoms with Gasteiger partial charge in [-0.15, -0.1) is 0 Å². The van der Waals surface area contributed by atoms with E-state index in [4.69, 9.17) is 4.74 Å². The van der Waals surface area contributed by atoms with E-state index in [2.05, 4.69) is 55.6 Å². The van der Waals surface area contributed by atoms with E-state index >= 15 is 0 Å². The fourth-order valence-corrected chi connectivity index (χ4v) is 11.4. The number of carbonyl (C=O) groups is 2. The number of hydrogen-bond donors (Lipinski definition) is 3. The van der Waals surface area contributed by atoms with Crippen LogP contribution in [0.4, 0.5) is 0 Å². The maximum atomic E-state index is 12.5. The number of unbranched alkanes of at least 4 members (excludes halogenated alkanes) is 52. The second kappa shape index (κ2) is 71.3. The third-order valence-corrected chi connectivity index (χ3v) is 17.1. The molecule has 1 amide bonds. The summed E-state index contributed by atoms with van der Waals surface area (Å²) in [6.07, 6.45) is 93.6. The summed E-state index contributed by atoms with van der Waals surface area (Å²) in [6.45, 7) is 4.91. The molecule has 0 aromatic heterocycles. The molecule has 0 aliphatic heterocycles. The topological polar surface area (TPSA) is 95.9 Å². The van der Waals surface area contributed by atoms with E-state index in [-0.39, 0.29) is 18.5 Å². The van der Waals surface area contributed by atoms with Crippen molar-refractivity contribution in [1.29, 1.82) is 0 Å². The molecule has 0 aromatic carbocycles. The molecule has 2 atom stereocenters. The Morgan fingerprint density at radius 3 is 0.939 bits per heavy atom.